The third-order valence-electron chi connectivity index (χ3n) is 3.60. The molecule has 0 bridgehead atoms. The van der Waals surface area contributed by atoms with Crippen LogP contribution < -0.4 is 0 Å². The average Bonchev–Trinajstić information content (AvgIpc) is 2.27. The van der Waals surface area contributed by atoms with Crippen molar-refractivity contribution in [3.8, 4) is 6.07 Å². The molecule has 1 aromatic rings. The fourth-order valence-corrected chi connectivity index (χ4v) is 2.38. The van der Waals surface area contributed by atoms with Crippen molar-refractivity contribution in [1.29, 1.82) is 5.26 Å². The fourth-order valence-electron chi connectivity index (χ4n) is 1.33. The molecule has 0 aliphatic carbocycles. The van der Waals surface area contributed by atoms with Crippen molar-refractivity contribution in [1.82, 2.24) is 4.98 Å². The molecule has 0 radical (unpaired) electrons. The summed E-state index contributed by atoms with van der Waals surface area (Å²) in [5.41, 5.74) is 1.58. The van der Waals surface area contributed by atoms with Crippen LogP contribution in [-0.2, 0) is 10.8 Å². The summed E-state index contributed by atoms with van der Waals surface area (Å²) >= 11 is 0. The van der Waals surface area contributed by atoms with E-state index in [1.165, 1.54) is 0 Å². The summed E-state index contributed by atoms with van der Waals surface area (Å²) in [6, 6.07) is 5.82. The molecule has 1 rings (SSSR count). The molecule has 0 N–H and O–H groups in total. The predicted octanol–water partition coefficient (Wildman–Crippen LogP) is 3.52. The molecule has 0 saturated carbocycles. The van der Waals surface area contributed by atoms with Gasteiger partial charge in [-0.3, -0.25) is 0 Å². The predicted molar refractivity (Wildman–Crippen MR) is 75.8 cm³/mol. The molecular formula is C14H22N2OSi. The van der Waals surface area contributed by atoms with E-state index in [1.54, 1.807) is 6.20 Å². The van der Waals surface area contributed by atoms with E-state index >= 15 is 0 Å². The molecule has 1 aromatic heterocycles. The summed E-state index contributed by atoms with van der Waals surface area (Å²) in [6.07, 6.45) is 2.52. The summed E-state index contributed by atoms with van der Waals surface area (Å²) in [6.45, 7) is 11.9. The maximum atomic E-state index is 8.79. The highest BCUT2D eigenvalue weighted by molar-refractivity contribution is 6.74. The van der Waals surface area contributed by atoms with Gasteiger partial charge in [0, 0.05) is 12.8 Å². The van der Waals surface area contributed by atoms with Crippen LogP contribution in [0.15, 0.2) is 18.3 Å². The lowest BCUT2D eigenvalue weighted by atomic mass is 10.2. The van der Waals surface area contributed by atoms with Crippen molar-refractivity contribution in [3.63, 3.8) is 0 Å². The molecule has 98 valence electrons. The Hall–Kier alpha value is -1.18. The largest absolute Gasteiger partial charge is 0.416 e. The fraction of sp³-hybridized carbons (Fsp3) is 0.571. The number of aromatic nitrogens is 1. The smallest absolute Gasteiger partial charge is 0.191 e. The quantitative estimate of drug-likeness (QED) is 0.780. The molecule has 0 saturated heterocycles. The van der Waals surface area contributed by atoms with Gasteiger partial charge in [0.05, 0.1) is 0 Å². The maximum absolute atomic E-state index is 8.79. The summed E-state index contributed by atoms with van der Waals surface area (Å²) in [5, 5.41) is 9.03. The third-order valence-corrected chi connectivity index (χ3v) is 8.14. The van der Waals surface area contributed by atoms with Crippen molar-refractivity contribution in [2.24, 2.45) is 0 Å². The normalized spacial score (nSPS) is 12.2. The number of pyridine rings is 1. The zero-order valence-corrected chi connectivity index (χ0v) is 12.9. The first-order chi connectivity index (χ1) is 8.26. The van der Waals surface area contributed by atoms with E-state index in [1.807, 2.05) is 12.1 Å². The highest BCUT2D eigenvalue weighted by atomic mass is 28.4. The molecule has 0 aliphatic heterocycles. The van der Waals surface area contributed by atoms with Gasteiger partial charge < -0.3 is 4.43 Å². The van der Waals surface area contributed by atoms with Crippen molar-refractivity contribution >= 4 is 8.32 Å². The van der Waals surface area contributed by atoms with E-state index in [0.717, 1.165) is 12.0 Å². The lowest BCUT2D eigenvalue weighted by Crippen LogP contribution is -2.41. The van der Waals surface area contributed by atoms with E-state index in [0.29, 0.717) is 12.3 Å². The van der Waals surface area contributed by atoms with Crippen LogP contribution in [0.4, 0.5) is 0 Å². The standard InChI is InChI=1S/C14H22N2OSi/c1-14(2,3)18(4,5)17-9-7-12-6-8-16-13(10-12)11-15/h6,8,10H,7,9H2,1-5H3. The van der Waals surface area contributed by atoms with Gasteiger partial charge in [-0.25, -0.2) is 4.98 Å². The first-order valence-corrected chi connectivity index (χ1v) is 9.16. The van der Waals surface area contributed by atoms with Gasteiger partial charge in [0.25, 0.3) is 0 Å². The summed E-state index contributed by atoms with van der Waals surface area (Å²) in [5.74, 6) is 0. The number of hydrogen-bond donors (Lipinski definition) is 0. The van der Waals surface area contributed by atoms with Crippen molar-refractivity contribution in [2.75, 3.05) is 6.61 Å². The molecule has 0 spiro atoms. The molecule has 0 unspecified atom stereocenters. The van der Waals surface area contributed by atoms with Crippen LogP contribution in [0.3, 0.4) is 0 Å². The lowest BCUT2D eigenvalue weighted by Gasteiger charge is -2.36. The Kier molecular flexibility index (Phi) is 4.66. The SMILES string of the molecule is CC(C)(C)[Si](C)(C)OCCc1ccnc(C#N)c1. The van der Waals surface area contributed by atoms with Crippen molar-refractivity contribution in [2.45, 2.75) is 45.3 Å². The summed E-state index contributed by atoms with van der Waals surface area (Å²) in [7, 11) is -1.66. The second-order valence-corrected chi connectivity index (χ2v) is 10.8. The van der Waals surface area contributed by atoms with Crippen molar-refractivity contribution < 1.29 is 4.43 Å². The van der Waals surface area contributed by atoms with Crippen LogP contribution in [0.25, 0.3) is 0 Å². The molecule has 1 heterocycles. The minimum Gasteiger partial charge on any atom is -0.416 e. The monoisotopic (exact) mass is 262 g/mol. The molecule has 0 aromatic carbocycles. The molecule has 0 atom stereocenters. The number of nitriles is 1. The van der Waals surface area contributed by atoms with E-state index in [-0.39, 0.29) is 5.04 Å². The second-order valence-electron chi connectivity index (χ2n) is 6.02. The van der Waals surface area contributed by atoms with Gasteiger partial charge in [0.15, 0.2) is 8.32 Å². The Balaban J connectivity index is 2.54. The van der Waals surface area contributed by atoms with Crippen LogP contribution >= 0.6 is 0 Å². The zero-order valence-electron chi connectivity index (χ0n) is 11.9. The van der Waals surface area contributed by atoms with Crippen LogP contribution in [-0.4, -0.2) is 19.9 Å². The second kappa shape index (κ2) is 5.64. The topological polar surface area (TPSA) is 45.9 Å². The molecule has 0 amide bonds. The Labute approximate surface area is 111 Å². The maximum Gasteiger partial charge on any atom is 0.191 e. The Morgan fingerprint density at radius 3 is 2.61 bits per heavy atom. The zero-order chi connectivity index (χ0) is 13.8. The Morgan fingerprint density at radius 1 is 1.39 bits per heavy atom. The molecular weight excluding hydrogens is 240 g/mol. The Bertz CT molecular complexity index is 444. The lowest BCUT2D eigenvalue weighted by molar-refractivity contribution is 0.292. The van der Waals surface area contributed by atoms with E-state index in [9.17, 15) is 0 Å². The minimum absolute atomic E-state index is 0.239. The first kappa shape index (κ1) is 14.9. The van der Waals surface area contributed by atoms with E-state index < -0.39 is 8.32 Å². The summed E-state index contributed by atoms with van der Waals surface area (Å²) in [4.78, 5) is 3.96. The first-order valence-electron chi connectivity index (χ1n) is 6.25. The van der Waals surface area contributed by atoms with Gasteiger partial charge in [-0.1, -0.05) is 20.8 Å². The van der Waals surface area contributed by atoms with Crippen LogP contribution in [0.1, 0.15) is 32.0 Å². The van der Waals surface area contributed by atoms with E-state index in [2.05, 4.69) is 44.9 Å². The molecule has 3 nitrogen and oxygen atoms in total. The Morgan fingerprint density at radius 2 is 2.06 bits per heavy atom. The third kappa shape index (κ3) is 3.93. The van der Waals surface area contributed by atoms with Gasteiger partial charge in [0.2, 0.25) is 0 Å². The van der Waals surface area contributed by atoms with Crippen LogP contribution in [0.5, 0.6) is 0 Å². The number of rotatable bonds is 4. The number of hydrogen-bond acceptors (Lipinski definition) is 3. The van der Waals surface area contributed by atoms with Crippen LogP contribution in [0, 0.1) is 11.3 Å². The molecule has 18 heavy (non-hydrogen) atoms. The molecule has 0 fully saturated rings. The van der Waals surface area contributed by atoms with Crippen molar-refractivity contribution in [3.05, 3.63) is 29.6 Å². The van der Waals surface area contributed by atoms with Gasteiger partial charge in [-0.05, 0) is 42.2 Å². The van der Waals surface area contributed by atoms with E-state index in [4.69, 9.17) is 9.69 Å². The van der Waals surface area contributed by atoms with Gasteiger partial charge in [-0.15, -0.1) is 0 Å². The van der Waals surface area contributed by atoms with Gasteiger partial charge in [-0.2, -0.15) is 5.26 Å². The highest BCUT2D eigenvalue weighted by Crippen LogP contribution is 2.36. The minimum atomic E-state index is -1.66. The average molecular weight is 262 g/mol. The highest BCUT2D eigenvalue weighted by Gasteiger charge is 2.36. The number of nitrogens with zero attached hydrogens (tertiary/aromatic N) is 2. The van der Waals surface area contributed by atoms with Crippen LogP contribution in [0.2, 0.25) is 18.1 Å². The van der Waals surface area contributed by atoms with Gasteiger partial charge in [0.1, 0.15) is 11.8 Å². The van der Waals surface area contributed by atoms with Gasteiger partial charge >= 0.3 is 0 Å². The summed E-state index contributed by atoms with van der Waals surface area (Å²) < 4.78 is 6.11. The molecule has 4 heteroatoms. The molecule has 0 aliphatic rings.